The molecule has 0 amide bonds. The van der Waals surface area contributed by atoms with Crippen LogP contribution in [0.4, 0.5) is 0 Å². The highest BCUT2D eigenvalue weighted by molar-refractivity contribution is 6.23. The number of Topliss-reactive ketones (excluding diaryl/α,β-unsaturated/α-hetero) is 1. The smallest absolute Gasteiger partial charge is 0.211 e. The predicted molar refractivity (Wildman–Crippen MR) is 83.9 cm³/mol. The van der Waals surface area contributed by atoms with Crippen LogP contribution in [0.1, 0.15) is 47.0 Å². The summed E-state index contributed by atoms with van der Waals surface area (Å²) in [5.74, 6) is -0.253. The minimum atomic E-state index is -0.171. The average Bonchev–Trinajstić information content (AvgIpc) is 2.57. The zero-order chi connectivity index (χ0) is 15.5. The molecule has 2 heterocycles. The summed E-state index contributed by atoms with van der Waals surface area (Å²) in [6.45, 7) is 4.76. The molecule has 1 N–H and O–H groups in total. The molecule has 2 aliphatic rings. The Morgan fingerprint density at radius 3 is 3.00 bits per heavy atom. The first-order chi connectivity index (χ1) is 10.7. The van der Waals surface area contributed by atoms with Crippen molar-refractivity contribution in [3.8, 4) is 0 Å². The van der Waals surface area contributed by atoms with Gasteiger partial charge in [-0.25, -0.2) is 0 Å². The van der Waals surface area contributed by atoms with Crippen molar-refractivity contribution in [2.75, 3.05) is 19.6 Å². The number of rotatable bonds is 4. The number of carbonyl (C=O) groups excluding carboxylic acids is 2. The molecular weight excluding hydrogens is 278 g/mol. The van der Waals surface area contributed by atoms with Crippen molar-refractivity contribution in [1.29, 1.82) is 0 Å². The van der Waals surface area contributed by atoms with Gasteiger partial charge in [0, 0.05) is 31.4 Å². The fourth-order valence-corrected chi connectivity index (χ4v) is 3.23. The number of allylic oxidation sites excluding steroid dienone is 2. The van der Waals surface area contributed by atoms with Crippen LogP contribution in [0.15, 0.2) is 30.1 Å². The zero-order valence-corrected chi connectivity index (χ0v) is 12.8. The topological polar surface area (TPSA) is 62.3 Å². The van der Waals surface area contributed by atoms with E-state index >= 15 is 0 Å². The van der Waals surface area contributed by atoms with Crippen LogP contribution in [0.25, 0.3) is 0 Å². The number of nitrogens with one attached hydrogen (secondary N) is 1. The molecule has 116 valence electrons. The standard InChI is InChI=1S/C17H21N3O2/c1-2-9-20(12-5-3-7-18-11-12)14-10-15(21)16-13(17(14)22)6-4-8-19-16/h4,6,8,10,12,18H,2-3,5,7,9,11H2,1H3. The number of hydrogen-bond donors (Lipinski definition) is 1. The molecule has 1 aromatic heterocycles. The minimum absolute atomic E-state index is 0.0817. The van der Waals surface area contributed by atoms with Gasteiger partial charge in [-0.2, -0.15) is 0 Å². The van der Waals surface area contributed by atoms with Gasteiger partial charge >= 0.3 is 0 Å². The number of hydrogen-bond acceptors (Lipinski definition) is 5. The highest BCUT2D eigenvalue weighted by Gasteiger charge is 2.32. The molecule has 1 atom stereocenters. The molecule has 1 unspecified atom stereocenters. The summed E-state index contributed by atoms with van der Waals surface area (Å²) in [7, 11) is 0. The Hall–Kier alpha value is -2.01. The maximum atomic E-state index is 12.8. The number of piperidine rings is 1. The van der Waals surface area contributed by atoms with E-state index < -0.39 is 0 Å². The minimum Gasteiger partial charge on any atom is -0.364 e. The summed E-state index contributed by atoms with van der Waals surface area (Å²) < 4.78 is 0. The summed E-state index contributed by atoms with van der Waals surface area (Å²) in [4.78, 5) is 31.3. The monoisotopic (exact) mass is 299 g/mol. The lowest BCUT2D eigenvalue weighted by molar-refractivity contribution is 0.0921. The fourth-order valence-electron chi connectivity index (χ4n) is 3.23. The number of aromatic nitrogens is 1. The van der Waals surface area contributed by atoms with Crippen LogP contribution in [-0.4, -0.2) is 47.1 Å². The summed E-state index contributed by atoms with van der Waals surface area (Å²) in [5.41, 5.74) is 1.23. The third kappa shape index (κ3) is 2.68. The van der Waals surface area contributed by atoms with Crippen molar-refractivity contribution in [2.24, 2.45) is 0 Å². The van der Waals surface area contributed by atoms with Crippen molar-refractivity contribution >= 4 is 11.6 Å². The van der Waals surface area contributed by atoms with E-state index in [1.165, 1.54) is 6.08 Å². The fraction of sp³-hybridized carbons (Fsp3) is 0.471. The summed E-state index contributed by atoms with van der Waals surface area (Å²) in [6.07, 6.45) is 6.11. The van der Waals surface area contributed by atoms with Crippen molar-refractivity contribution in [1.82, 2.24) is 15.2 Å². The lowest BCUT2D eigenvalue weighted by Gasteiger charge is -2.38. The lowest BCUT2D eigenvalue weighted by Crippen LogP contribution is -2.47. The largest absolute Gasteiger partial charge is 0.364 e. The Labute approximate surface area is 130 Å². The summed E-state index contributed by atoms with van der Waals surface area (Å²) in [5, 5.41) is 3.38. The van der Waals surface area contributed by atoms with Crippen molar-refractivity contribution in [2.45, 2.75) is 32.2 Å². The number of pyridine rings is 1. The van der Waals surface area contributed by atoms with Crippen LogP contribution in [-0.2, 0) is 0 Å². The molecule has 1 fully saturated rings. The van der Waals surface area contributed by atoms with E-state index in [0.29, 0.717) is 11.3 Å². The van der Waals surface area contributed by atoms with Gasteiger partial charge in [0.1, 0.15) is 5.69 Å². The average molecular weight is 299 g/mol. The van der Waals surface area contributed by atoms with Gasteiger partial charge in [-0.15, -0.1) is 0 Å². The molecule has 1 aliphatic heterocycles. The SMILES string of the molecule is CCCN(C1=CC(=O)c2ncccc2C1=O)C1CCCNC1. The van der Waals surface area contributed by atoms with E-state index in [9.17, 15) is 9.59 Å². The molecule has 5 nitrogen and oxygen atoms in total. The van der Waals surface area contributed by atoms with Crippen LogP contribution in [0.2, 0.25) is 0 Å². The number of carbonyl (C=O) groups is 2. The van der Waals surface area contributed by atoms with Gasteiger partial charge in [0.2, 0.25) is 11.6 Å². The van der Waals surface area contributed by atoms with E-state index in [4.69, 9.17) is 0 Å². The molecule has 1 saturated heterocycles. The molecule has 0 aromatic carbocycles. The highest BCUT2D eigenvalue weighted by atomic mass is 16.1. The van der Waals surface area contributed by atoms with E-state index in [0.717, 1.165) is 38.9 Å². The maximum absolute atomic E-state index is 12.8. The third-order valence-corrected chi connectivity index (χ3v) is 4.27. The second kappa shape index (κ2) is 6.40. The Morgan fingerprint density at radius 1 is 1.41 bits per heavy atom. The molecule has 0 saturated carbocycles. The quantitative estimate of drug-likeness (QED) is 0.918. The van der Waals surface area contributed by atoms with Gasteiger partial charge in [-0.05, 0) is 37.9 Å². The first-order valence-electron chi connectivity index (χ1n) is 7.95. The zero-order valence-electron chi connectivity index (χ0n) is 12.8. The number of fused-ring (bicyclic) bond motifs is 1. The van der Waals surface area contributed by atoms with Gasteiger partial charge in [0.15, 0.2) is 0 Å². The Bertz CT molecular complexity index is 618. The van der Waals surface area contributed by atoms with Crippen LogP contribution in [0.5, 0.6) is 0 Å². The molecule has 22 heavy (non-hydrogen) atoms. The highest BCUT2D eigenvalue weighted by Crippen LogP contribution is 2.25. The maximum Gasteiger partial charge on any atom is 0.211 e. The molecule has 3 rings (SSSR count). The van der Waals surface area contributed by atoms with Crippen LogP contribution in [0.3, 0.4) is 0 Å². The summed E-state index contributed by atoms with van der Waals surface area (Å²) >= 11 is 0. The van der Waals surface area contributed by atoms with Gasteiger partial charge < -0.3 is 10.2 Å². The van der Waals surface area contributed by atoms with Crippen molar-refractivity contribution in [3.05, 3.63) is 41.4 Å². The van der Waals surface area contributed by atoms with E-state index in [1.54, 1.807) is 18.3 Å². The Morgan fingerprint density at radius 2 is 2.27 bits per heavy atom. The first kappa shape index (κ1) is 14.9. The Kier molecular flexibility index (Phi) is 4.34. The number of nitrogens with zero attached hydrogens (tertiary/aromatic N) is 2. The lowest BCUT2D eigenvalue weighted by atomic mass is 9.94. The predicted octanol–water partition coefficient (Wildman–Crippen LogP) is 1.81. The van der Waals surface area contributed by atoms with E-state index in [1.807, 2.05) is 0 Å². The summed E-state index contributed by atoms with van der Waals surface area (Å²) in [6, 6.07) is 3.67. The second-order valence-corrected chi connectivity index (χ2v) is 5.82. The molecule has 0 radical (unpaired) electrons. The second-order valence-electron chi connectivity index (χ2n) is 5.82. The molecular formula is C17H21N3O2. The first-order valence-corrected chi connectivity index (χ1v) is 7.95. The van der Waals surface area contributed by atoms with E-state index in [-0.39, 0.29) is 23.3 Å². The van der Waals surface area contributed by atoms with Crippen LogP contribution in [0, 0.1) is 0 Å². The van der Waals surface area contributed by atoms with Crippen molar-refractivity contribution in [3.63, 3.8) is 0 Å². The normalized spacial score (nSPS) is 21.3. The molecule has 0 spiro atoms. The van der Waals surface area contributed by atoms with Gasteiger partial charge in [0.05, 0.1) is 11.3 Å². The Balaban J connectivity index is 1.94. The molecule has 0 bridgehead atoms. The van der Waals surface area contributed by atoms with Crippen LogP contribution < -0.4 is 5.32 Å². The third-order valence-electron chi connectivity index (χ3n) is 4.27. The van der Waals surface area contributed by atoms with Crippen molar-refractivity contribution < 1.29 is 9.59 Å². The van der Waals surface area contributed by atoms with Gasteiger partial charge in [-0.3, -0.25) is 14.6 Å². The number of ketones is 2. The van der Waals surface area contributed by atoms with E-state index in [2.05, 4.69) is 22.1 Å². The van der Waals surface area contributed by atoms with Crippen LogP contribution >= 0.6 is 0 Å². The van der Waals surface area contributed by atoms with Gasteiger partial charge in [0.25, 0.3) is 0 Å². The van der Waals surface area contributed by atoms with Gasteiger partial charge in [-0.1, -0.05) is 6.92 Å². The molecule has 5 heteroatoms. The molecule has 1 aromatic rings. The molecule has 1 aliphatic carbocycles.